The van der Waals surface area contributed by atoms with E-state index in [1.807, 2.05) is 24.8 Å². The van der Waals surface area contributed by atoms with Gasteiger partial charge in [0.1, 0.15) is 5.70 Å². The van der Waals surface area contributed by atoms with Crippen LogP contribution < -0.4 is 10.2 Å². The Kier molecular flexibility index (Phi) is 8.20. The number of esters is 1. The molecule has 0 spiro atoms. The van der Waals surface area contributed by atoms with E-state index in [4.69, 9.17) is 16.3 Å². The van der Waals surface area contributed by atoms with Gasteiger partial charge in [-0.15, -0.1) is 0 Å². The molecule has 0 aliphatic carbocycles. The summed E-state index contributed by atoms with van der Waals surface area (Å²) in [4.78, 5) is 42.6. The van der Waals surface area contributed by atoms with Crippen LogP contribution in [-0.2, 0) is 19.1 Å². The van der Waals surface area contributed by atoms with Crippen molar-refractivity contribution in [2.75, 3.05) is 63.2 Å². The molecule has 0 bridgehead atoms. The fourth-order valence-electron chi connectivity index (χ4n) is 4.01. The molecule has 0 radical (unpaired) electrons. The molecular weight excluding hydrogens is 448 g/mol. The van der Waals surface area contributed by atoms with Gasteiger partial charge in [-0.1, -0.05) is 25.4 Å². The van der Waals surface area contributed by atoms with Crippen molar-refractivity contribution in [1.29, 1.82) is 0 Å². The van der Waals surface area contributed by atoms with E-state index in [0.717, 1.165) is 5.69 Å². The molecule has 0 aromatic heterocycles. The molecule has 2 heterocycles. The van der Waals surface area contributed by atoms with Crippen LogP contribution in [0.1, 0.15) is 20.3 Å². The topological polar surface area (TPSA) is 102 Å². The number of amides is 2. The molecule has 2 N–H and O–H groups in total. The van der Waals surface area contributed by atoms with E-state index in [-0.39, 0.29) is 42.8 Å². The number of ether oxygens (including phenoxy) is 1. The minimum atomic E-state index is -0.598. The van der Waals surface area contributed by atoms with Crippen LogP contribution in [0.3, 0.4) is 0 Å². The molecule has 3 rings (SSSR count). The first-order valence-electron chi connectivity index (χ1n) is 11.1. The van der Waals surface area contributed by atoms with E-state index in [1.54, 1.807) is 12.1 Å². The van der Waals surface area contributed by atoms with Crippen molar-refractivity contribution in [2.24, 2.45) is 5.92 Å². The fourth-order valence-corrected chi connectivity index (χ4v) is 4.31. The summed E-state index contributed by atoms with van der Waals surface area (Å²) >= 11 is 6.56. The van der Waals surface area contributed by atoms with Crippen molar-refractivity contribution in [1.82, 2.24) is 9.80 Å². The van der Waals surface area contributed by atoms with Gasteiger partial charge in [0, 0.05) is 44.8 Å². The minimum Gasteiger partial charge on any atom is -0.466 e. The third-order valence-electron chi connectivity index (χ3n) is 5.73. The number of nitrogens with one attached hydrogen (secondary N) is 1. The van der Waals surface area contributed by atoms with Crippen LogP contribution >= 0.6 is 11.6 Å². The Labute approximate surface area is 198 Å². The SMILES string of the molecule is COC(=O)C1=C(Nc2ccc(N3CCN(C(=O)CC(C)C)CC3)c(Cl)c2)C(=O)N(CCO)C1. The van der Waals surface area contributed by atoms with Gasteiger partial charge in [0.2, 0.25) is 5.91 Å². The monoisotopic (exact) mass is 478 g/mol. The molecule has 0 unspecified atom stereocenters. The molecule has 10 heteroatoms. The summed E-state index contributed by atoms with van der Waals surface area (Å²) in [5.74, 6) is -0.463. The first-order chi connectivity index (χ1) is 15.7. The zero-order valence-electron chi connectivity index (χ0n) is 19.3. The van der Waals surface area contributed by atoms with Crippen molar-refractivity contribution in [3.63, 3.8) is 0 Å². The van der Waals surface area contributed by atoms with Gasteiger partial charge < -0.3 is 29.9 Å². The fraction of sp³-hybridized carbons (Fsp3) is 0.522. The van der Waals surface area contributed by atoms with Crippen LogP contribution in [-0.4, -0.2) is 85.7 Å². The Bertz CT molecular complexity index is 941. The number of rotatable bonds is 8. The number of aliphatic hydroxyl groups excluding tert-OH is 1. The second kappa shape index (κ2) is 10.9. The number of β-amino-alcohol motifs (C(OH)–C–C–N with tert-alkyl or cyclic N) is 1. The highest BCUT2D eigenvalue weighted by Crippen LogP contribution is 2.31. The Hall–Kier alpha value is -2.78. The number of hydrogen-bond acceptors (Lipinski definition) is 7. The Morgan fingerprint density at radius 1 is 1.21 bits per heavy atom. The van der Waals surface area contributed by atoms with Gasteiger partial charge in [0.15, 0.2) is 0 Å². The van der Waals surface area contributed by atoms with Crippen molar-refractivity contribution < 1.29 is 24.2 Å². The summed E-state index contributed by atoms with van der Waals surface area (Å²) in [7, 11) is 1.26. The second-order valence-electron chi connectivity index (χ2n) is 8.55. The summed E-state index contributed by atoms with van der Waals surface area (Å²) in [6.07, 6.45) is 0.555. The van der Waals surface area contributed by atoms with Crippen LogP contribution in [0.5, 0.6) is 0 Å². The molecule has 1 fully saturated rings. The number of benzene rings is 1. The van der Waals surface area contributed by atoms with Gasteiger partial charge in [-0.2, -0.15) is 0 Å². The molecular formula is C23H31ClN4O5. The molecule has 9 nitrogen and oxygen atoms in total. The predicted molar refractivity (Wildman–Crippen MR) is 126 cm³/mol. The second-order valence-corrected chi connectivity index (χ2v) is 8.96. The summed E-state index contributed by atoms with van der Waals surface area (Å²) < 4.78 is 4.81. The van der Waals surface area contributed by atoms with Gasteiger partial charge in [0.25, 0.3) is 5.91 Å². The Morgan fingerprint density at radius 3 is 2.48 bits per heavy atom. The largest absolute Gasteiger partial charge is 0.466 e. The number of carbonyl (C=O) groups excluding carboxylic acids is 3. The molecule has 2 aliphatic heterocycles. The molecule has 1 aromatic rings. The van der Waals surface area contributed by atoms with Crippen LogP contribution in [0.15, 0.2) is 29.5 Å². The van der Waals surface area contributed by atoms with Crippen molar-refractivity contribution in [3.05, 3.63) is 34.5 Å². The van der Waals surface area contributed by atoms with Crippen molar-refractivity contribution in [3.8, 4) is 0 Å². The summed E-state index contributed by atoms with van der Waals surface area (Å²) in [5.41, 5.74) is 1.74. The first kappa shape index (κ1) is 24.9. The number of nitrogens with zero attached hydrogens (tertiary/aromatic N) is 3. The van der Waals surface area contributed by atoms with Crippen LogP contribution in [0.4, 0.5) is 11.4 Å². The molecule has 0 saturated carbocycles. The van der Waals surface area contributed by atoms with E-state index in [9.17, 15) is 19.5 Å². The average molecular weight is 479 g/mol. The summed E-state index contributed by atoms with van der Waals surface area (Å²) in [6, 6.07) is 5.36. The number of piperazine rings is 1. The average Bonchev–Trinajstić information content (AvgIpc) is 3.08. The van der Waals surface area contributed by atoms with Crippen LogP contribution in [0, 0.1) is 5.92 Å². The van der Waals surface area contributed by atoms with E-state index in [0.29, 0.717) is 49.2 Å². The molecule has 0 atom stereocenters. The van der Waals surface area contributed by atoms with E-state index >= 15 is 0 Å². The van der Waals surface area contributed by atoms with Gasteiger partial charge in [-0.25, -0.2) is 4.79 Å². The lowest BCUT2D eigenvalue weighted by Crippen LogP contribution is -2.49. The number of halogens is 1. The lowest BCUT2D eigenvalue weighted by molar-refractivity contribution is -0.136. The maximum atomic E-state index is 12.7. The molecule has 1 saturated heterocycles. The minimum absolute atomic E-state index is 0.0695. The van der Waals surface area contributed by atoms with Crippen LogP contribution in [0.25, 0.3) is 0 Å². The quantitative estimate of drug-likeness (QED) is 0.548. The third kappa shape index (κ3) is 5.78. The van der Waals surface area contributed by atoms with E-state index in [2.05, 4.69) is 10.2 Å². The van der Waals surface area contributed by atoms with Gasteiger partial charge in [-0.3, -0.25) is 9.59 Å². The summed E-state index contributed by atoms with van der Waals surface area (Å²) in [5, 5.41) is 12.7. The highest BCUT2D eigenvalue weighted by molar-refractivity contribution is 6.33. The number of carbonyl (C=O) groups is 3. The smallest absolute Gasteiger partial charge is 0.337 e. The lowest BCUT2D eigenvalue weighted by atomic mass is 10.1. The number of hydrogen-bond donors (Lipinski definition) is 2. The standard InChI is InChI=1S/C23H31ClN4O5/c1-15(2)12-20(30)27-8-6-26(7-9-27)19-5-4-16(13-18(19)24)25-21-17(23(32)33-3)14-28(10-11-29)22(21)31/h4-5,13,15,25,29H,6-12,14H2,1-3H3. The van der Waals surface area contributed by atoms with Gasteiger partial charge >= 0.3 is 5.97 Å². The molecule has 2 amide bonds. The Morgan fingerprint density at radius 2 is 1.91 bits per heavy atom. The zero-order chi connectivity index (χ0) is 24.1. The number of aliphatic hydroxyl groups is 1. The van der Waals surface area contributed by atoms with Gasteiger partial charge in [0.05, 0.1) is 36.5 Å². The third-order valence-corrected chi connectivity index (χ3v) is 6.03. The summed E-state index contributed by atoms with van der Waals surface area (Å²) in [6.45, 7) is 6.72. The molecule has 33 heavy (non-hydrogen) atoms. The molecule has 1 aromatic carbocycles. The molecule has 180 valence electrons. The van der Waals surface area contributed by atoms with Crippen molar-refractivity contribution >= 4 is 40.8 Å². The lowest BCUT2D eigenvalue weighted by Gasteiger charge is -2.37. The van der Waals surface area contributed by atoms with E-state index < -0.39 is 5.97 Å². The first-order valence-corrected chi connectivity index (χ1v) is 11.4. The van der Waals surface area contributed by atoms with E-state index in [1.165, 1.54) is 12.0 Å². The number of anilines is 2. The Balaban J connectivity index is 1.70. The zero-order valence-corrected chi connectivity index (χ0v) is 20.0. The molecule has 2 aliphatic rings. The predicted octanol–water partition coefficient (Wildman–Crippen LogP) is 1.71. The highest BCUT2D eigenvalue weighted by Gasteiger charge is 2.34. The number of methoxy groups -OCH3 is 1. The maximum absolute atomic E-state index is 12.7. The van der Waals surface area contributed by atoms with Crippen LogP contribution in [0.2, 0.25) is 5.02 Å². The highest BCUT2D eigenvalue weighted by atomic mass is 35.5. The maximum Gasteiger partial charge on any atom is 0.337 e. The van der Waals surface area contributed by atoms with Gasteiger partial charge in [-0.05, 0) is 24.1 Å². The normalized spacial score (nSPS) is 16.7. The van der Waals surface area contributed by atoms with Crippen molar-refractivity contribution in [2.45, 2.75) is 20.3 Å².